The van der Waals surface area contributed by atoms with E-state index in [0.717, 1.165) is 0 Å². The van der Waals surface area contributed by atoms with Crippen LogP contribution in [0.25, 0.3) is 0 Å². The first-order valence-corrected chi connectivity index (χ1v) is 6.14. The second-order valence-electron chi connectivity index (χ2n) is 2.85. The normalized spacial score (nSPS) is 9.47. The maximum absolute atomic E-state index is 11.6. The number of thioether (sulfide) groups is 1. The van der Waals surface area contributed by atoms with Crippen LogP contribution in [0.4, 0.5) is 5.82 Å². The van der Waals surface area contributed by atoms with Gasteiger partial charge >= 0.3 is 5.97 Å². The lowest BCUT2D eigenvalue weighted by Crippen LogP contribution is -2.12. The van der Waals surface area contributed by atoms with E-state index in [4.69, 9.17) is 10.00 Å². The SMILES string of the molecule is CCOC(=O)c1cnc(SC)nc1NCC#N. The molecule has 0 saturated carbocycles. The van der Waals surface area contributed by atoms with Gasteiger partial charge in [0.2, 0.25) is 0 Å². The van der Waals surface area contributed by atoms with Gasteiger partial charge in [-0.05, 0) is 13.2 Å². The molecule has 7 heteroatoms. The molecule has 1 heterocycles. The maximum atomic E-state index is 11.6. The Morgan fingerprint density at radius 1 is 1.71 bits per heavy atom. The second kappa shape index (κ2) is 6.70. The van der Waals surface area contributed by atoms with Gasteiger partial charge in [0.1, 0.15) is 17.9 Å². The van der Waals surface area contributed by atoms with Crippen molar-refractivity contribution in [2.45, 2.75) is 12.1 Å². The number of nitriles is 1. The van der Waals surface area contributed by atoms with E-state index >= 15 is 0 Å². The van der Waals surface area contributed by atoms with E-state index in [9.17, 15) is 4.79 Å². The van der Waals surface area contributed by atoms with E-state index in [1.807, 2.05) is 12.3 Å². The first kappa shape index (κ1) is 13.3. The topological polar surface area (TPSA) is 87.9 Å². The van der Waals surface area contributed by atoms with E-state index in [-0.39, 0.29) is 18.7 Å². The Labute approximate surface area is 103 Å². The summed E-state index contributed by atoms with van der Waals surface area (Å²) in [7, 11) is 0. The number of nitrogens with one attached hydrogen (secondary N) is 1. The molecule has 90 valence electrons. The van der Waals surface area contributed by atoms with Gasteiger partial charge in [0, 0.05) is 6.20 Å². The molecule has 0 saturated heterocycles. The number of ether oxygens (including phenoxy) is 1. The molecule has 1 aromatic rings. The highest BCUT2D eigenvalue weighted by molar-refractivity contribution is 7.98. The van der Waals surface area contributed by atoms with Gasteiger partial charge in [-0.15, -0.1) is 0 Å². The number of carbonyl (C=O) groups excluding carboxylic acids is 1. The third-order valence-corrected chi connectivity index (χ3v) is 2.34. The molecule has 1 rings (SSSR count). The maximum Gasteiger partial charge on any atom is 0.343 e. The van der Waals surface area contributed by atoms with Crippen LogP contribution < -0.4 is 5.32 Å². The Morgan fingerprint density at radius 2 is 2.47 bits per heavy atom. The third-order valence-electron chi connectivity index (χ3n) is 1.78. The van der Waals surface area contributed by atoms with Crippen LogP contribution in [0.2, 0.25) is 0 Å². The van der Waals surface area contributed by atoms with Gasteiger partial charge in [0.05, 0.1) is 12.7 Å². The number of nitrogens with zero attached hydrogens (tertiary/aromatic N) is 3. The fourth-order valence-corrected chi connectivity index (χ4v) is 1.42. The van der Waals surface area contributed by atoms with Crippen LogP contribution in [-0.4, -0.2) is 35.3 Å². The molecule has 1 N–H and O–H groups in total. The number of hydrogen-bond acceptors (Lipinski definition) is 7. The molecule has 0 atom stereocenters. The summed E-state index contributed by atoms with van der Waals surface area (Å²) in [5, 5.41) is 11.8. The van der Waals surface area contributed by atoms with E-state index in [1.165, 1.54) is 18.0 Å². The van der Waals surface area contributed by atoms with Gasteiger partial charge in [0.15, 0.2) is 5.16 Å². The lowest BCUT2D eigenvalue weighted by molar-refractivity contribution is 0.0526. The van der Waals surface area contributed by atoms with Crippen molar-refractivity contribution in [2.75, 3.05) is 24.7 Å². The number of carbonyl (C=O) groups is 1. The molecule has 0 aliphatic rings. The molecule has 0 radical (unpaired) electrons. The molecule has 0 aromatic carbocycles. The van der Waals surface area contributed by atoms with Crippen LogP contribution >= 0.6 is 11.8 Å². The quantitative estimate of drug-likeness (QED) is 0.366. The van der Waals surface area contributed by atoms with Crippen LogP contribution in [0.3, 0.4) is 0 Å². The van der Waals surface area contributed by atoms with Gasteiger partial charge in [0.25, 0.3) is 0 Å². The van der Waals surface area contributed by atoms with Crippen molar-refractivity contribution in [2.24, 2.45) is 0 Å². The van der Waals surface area contributed by atoms with Crippen molar-refractivity contribution >= 4 is 23.5 Å². The molecule has 0 aliphatic heterocycles. The van der Waals surface area contributed by atoms with Crippen LogP contribution in [-0.2, 0) is 4.74 Å². The zero-order valence-corrected chi connectivity index (χ0v) is 10.4. The van der Waals surface area contributed by atoms with Crippen molar-refractivity contribution in [1.29, 1.82) is 5.26 Å². The highest BCUT2D eigenvalue weighted by atomic mass is 32.2. The first-order chi connectivity index (χ1) is 8.22. The van der Waals surface area contributed by atoms with E-state index in [2.05, 4.69) is 15.3 Å². The Kier molecular flexibility index (Phi) is 5.23. The molecule has 0 aliphatic carbocycles. The van der Waals surface area contributed by atoms with Crippen LogP contribution in [0.1, 0.15) is 17.3 Å². The smallest absolute Gasteiger partial charge is 0.343 e. The van der Waals surface area contributed by atoms with Crippen molar-refractivity contribution < 1.29 is 9.53 Å². The molecule has 17 heavy (non-hydrogen) atoms. The number of hydrogen-bond donors (Lipinski definition) is 1. The summed E-state index contributed by atoms with van der Waals surface area (Å²) in [6.45, 7) is 2.06. The summed E-state index contributed by atoms with van der Waals surface area (Å²) >= 11 is 1.35. The Balaban J connectivity index is 3.02. The molecule has 1 aromatic heterocycles. The molecule has 0 spiro atoms. The first-order valence-electron chi connectivity index (χ1n) is 4.91. The van der Waals surface area contributed by atoms with Crippen molar-refractivity contribution in [3.63, 3.8) is 0 Å². The van der Waals surface area contributed by atoms with Crippen LogP contribution in [0, 0.1) is 11.3 Å². The van der Waals surface area contributed by atoms with Crippen molar-refractivity contribution in [1.82, 2.24) is 9.97 Å². The van der Waals surface area contributed by atoms with E-state index in [1.54, 1.807) is 6.92 Å². The van der Waals surface area contributed by atoms with Gasteiger partial charge in [-0.25, -0.2) is 14.8 Å². The summed E-state index contributed by atoms with van der Waals surface area (Å²) < 4.78 is 4.87. The summed E-state index contributed by atoms with van der Waals surface area (Å²) in [5.41, 5.74) is 0.236. The average molecular weight is 252 g/mol. The summed E-state index contributed by atoms with van der Waals surface area (Å²) in [5.74, 6) is -0.176. The van der Waals surface area contributed by atoms with Gasteiger partial charge < -0.3 is 10.1 Å². The number of aromatic nitrogens is 2. The largest absolute Gasteiger partial charge is 0.462 e. The molecule has 6 nitrogen and oxygen atoms in total. The lowest BCUT2D eigenvalue weighted by atomic mass is 10.3. The summed E-state index contributed by atoms with van der Waals surface area (Å²) in [4.78, 5) is 19.7. The van der Waals surface area contributed by atoms with Crippen LogP contribution in [0.15, 0.2) is 11.4 Å². The minimum atomic E-state index is -0.499. The van der Waals surface area contributed by atoms with Crippen LogP contribution in [0.5, 0.6) is 0 Å². The molecular formula is C10H12N4O2S. The average Bonchev–Trinajstić information content (AvgIpc) is 2.36. The zero-order valence-electron chi connectivity index (χ0n) is 9.56. The van der Waals surface area contributed by atoms with Crippen molar-refractivity contribution in [3.05, 3.63) is 11.8 Å². The van der Waals surface area contributed by atoms with E-state index in [0.29, 0.717) is 11.0 Å². The highest BCUT2D eigenvalue weighted by Gasteiger charge is 2.15. The molecule has 0 bridgehead atoms. The fourth-order valence-electron chi connectivity index (χ4n) is 1.08. The number of rotatable bonds is 5. The lowest BCUT2D eigenvalue weighted by Gasteiger charge is -2.08. The minimum Gasteiger partial charge on any atom is -0.462 e. The molecule has 0 unspecified atom stereocenters. The standard InChI is InChI=1S/C10H12N4O2S/c1-3-16-9(15)7-6-13-10(17-2)14-8(7)12-5-4-11/h6H,3,5H2,1-2H3,(H,12,13,14). The minimum absolute atomic E-state index is 0.0667. The molecule has 0 amide bonds. The molecular weight excluding hydrogens is 240 g/mol. The zero-order chi connectivity index (χ0) is 12.7. The molecule has 0 fully saturated rings. The van der Waals surface area contributed by atoms with Gasteiger partial charge in [-0.3, -0.25) is 0 Å². The summed E-state index contributed by atoms with van der Waals surface area (Å²) in [6, 6.07) is 1.92. The van der Waals surface area contributed by atoms with E-state index < -0.39 is 5.97 Å². The van der Waals surface area contributed by atoms with Crippen molar-refractivity contribution in [3.8, 4) is 6.07 Å². The Morgan fingerprint density at radius 3 is 3.06 bits per heavy atom. The van der Waals surface area contributed by atoms with Gasteiger partial charge in [-0.1, -0.05) is 11.8 Å². The Hall–Kier alpha value is -1.81. The Bertz CT molecular complexity index is 444. The number of anilines is 1. The number of esters is 1. The highest BCUT2D eigenvalue weighted by Crippen LogP contribution is 2.17. The predicted octanol–water partition coefficient (Wildman–Crippen LogP) is 1.31. The predicted molar refractivity (Wildman–Crippen MR) is 63.9 cm³/mol. The fraction of sp³-hybridized carbons (Fsp3) is 0.400. The second-order valence-corrected chi connectivity index (χ2v) is 3.62. The third kappa shape index (κ3) is 3.60. The monoisotopic (exact) mass is 252 g/mol. The summed E-state index contributed by atoms with van der Waals surface area (Å²) in [6.07, 6.45) is 3.23. The van der Waals surface area contributed by atoms with Gasteiger partial charge in [-0.2, -0.15) is 5.26 Å².